The van der Waals surface area contributed by atoms with Crippen LogP contribution in [-0.4, -0.2) is 35.5 Å². The van der Waals surface area contributed by atoms with Crippen molar-refractivity contribution in [2.24, 2.45) is 11.7 Å². The lowest BCUT2D eigenvalue weighted by Gasteiger charge is -2.39. The fraction of sp³-hybridized carbons (Fsp3) is 0.800. The number of likely N-dealkylation sites (tertiary alicyclic amines) is 1. The van der Waals surface area contributed by atoms with Crippen molar-refractivity contribution in [3.63, 3.8) is 0 Å². The summed E-state index contributed by atoms with van der Waals surface area (Å²) < 4.78 is 5.20. The van der Waals surface area contributed by atoms with Crippen molar-refractivity contribution < 1.29 is 9.53 Å². The van der Waals surface area contributed by atoms with Gasteiger partial charge in [0.2, 0.25) is 0 Å². The standard InChI is InChI=1S/C10H19N3O2/c1-10(2,3)15-9(14)13-5-7(6-13)4-8(11)12/h7H,4-6H2,1-3H3,(H3,11,12). The lowest BCUT2D eigenvalue weighted by Crippen LogP contribution is -2.52. The van der Waals surface area contributed by atoms with Gasteiger partial charge in [0.15, 0.2) is 0 Å². The van der Waals surface area contributed by atoms with Gasteiger partial charge < -0.3 is 15.4 Å². The Morgan fingerprint density at radius 2 is 2.07 bits per heavy atom. The molecular weight excluding hydrogens is 194 g/mol. The second-order valence-corrected chi connectivity index (χ2v) is 4.98. The van der Waals surface area contributed by atoms with Gasteiger partial charge in [-0.1, -0.05) is 0 Å². The third-order valence-corrected chi connectivity index (χ3v) is 2.12. The summed E-state index contributed by atoms with van der Waals surface area (Å²) >= 11 is 0. The van der Waals surface area contributed by atoms with Crippen molar-refractivity contribution >= 4 is 11.9 Å². The van der Waals surface area contributed by atoms with Crippen molar-refractivity contribution in [3.05, 3.63) is 0 Å². The second-order valence-electron chi connectivity index (χ2n) is 4.98. The summed E-state index contributed by atoms with van der Waals surface area (Å²) in [5, 5.41) is 7.12. The molecule has 5 nitrogen and oxygen atoms in total. The highest BCUT2D eigenvalue weighted by atomic mass is 16.6. The van der Waals surface area contributed by atoms with Gasteiger partial charge >= 0.3 is 6.09 Å². The first-order valence-corrected chi connectivity index (χ1v) is 5.09. The molecule has 0 saturated carbocycles. The van der Waals surface area contributed by atoms with Crippen LogP contribution in [0.25, 0.3) is 0 Å². The smallest absolute Gasteiger partial charge is 0.410 e. The predicted octanol–water partition coefficient (Wildman–Crippen LogP) is 1.18. The summed E-state index contributed by atoms with van der Waals surface area (Å²) in [5.74, 6) is 0.513. The van der Waals surface area contributed by atoms with E-state index in [4.69, 9.17) is 15.9 Å². The molecule has 15 heavy (non-hydrogen) atoms. The molecule has 0 unspecified atom stereocenters. The van der Waals surface area contributed by atoms with E-state index < -0.39 is 5.60 Å². The molecule has 86 valence electrons. The Hall–Kier alpha value is -1.26. The van der Waals surface area contributed by atoms with Crippen molar-refractivity contribution in [2.45, 2.75) is 32.8 Å². The van der Waals surface area contributed by atoms with Gasteiger partial charge in [0.25, 0.3) is 0 Å². The Labute approximate surface area is 90.1 Å². The number of rotatable bonds is 2. The first kappa shape index (κ1) is 11.8. The normalized spacial score (nSPS) is 17.1. The number of nitrogens with two attached hydrogens (primary N) is 1. The molecule has 5 heteroatoms. The molecular formula is C10H19N3O2. The number of hydrogen-bond donors (Lipinski definition) is 2. The molecule has 1 aliphatic rings. The quantitative estimate of drug-likeness (QED) is 0.534. The summed E-state index contributed by atoms with van der Waals surface area (Å²) in [7, 11) is 0. The first-order valence-electron chi connectivity index (χ1n) is 5.09. The van der Waals surface area contributed by atoms with E-state index in [2.05, 4.69) is 0 Å². The van der Waals surface area contributed by atoms with Gasteiger partial charge in [-0.05, 0) is 20.8 Å². The summed E-state index contributed by atoms with van der Waals surface area (Å²) in [4.78, 5) is 13.1. The number of nitrogens with zero attached hydrogens (tertiary/aromatic N) is 1. The maximum atomic E-state index is 11.5. The average Bonchev–Trinajstić information content (AvgIpc) is 1.91. The largest absolute Gasteiger partial charge is 0.444 e. The Bertz CT molecular complexity index is 264. The van der Waals surface area contributed by atoms with Crippen LogP contribution in [0.2, 0.25) is 0 Å². The molecule has 1 amide bonds. The zero-order valence-corrected chi connectivity index (χ0v) is 9.54. The van der Waals surface area contributed by atoms with E-state index in [1.165, 1.54) is 0 Å². The minimum atomic E-state index is -0.442. The Morgan fingerprint density at radius 3 is 2.47 bits per heavy atom. The zero-order chi connectivity index (χ0) is 11.6. The Kier molecular flexibility index (Phi) is 3.21. The van der Waals surface area contributed by atoms with E-state index in [9.17, 15) is 4.79 Å². The number of carbonyl (C=O) groups is 1. The van der Waals surface area contributed by atoms with Gasteiger partial charge in [0, 0.05) is 25.4 Å². The maximum absolute atomic E-state index is 11.5. The molecule has 0 aromatic carbocycles. The molecule has 0 aromatic rings. The first-order chi connectivity index (χ1) is 6.78. The summed E-state index contributed by atoms with van der Waals surface area (Å²) in [5.41, 5.74) is 4.83. The molecule has 0 bridgehead atoms. The molecule has 1 heterocycles. The molecule has 0 aromatic heterocycles. The lowest BCUT2D eigenvalue weighted by atomic mass is 9.96. The van der Waals surface area contributed by atoms with Crippen LogP contribution in [0.4, 0.5) is 4.79 Å². The van der Waals surface area contributed by atoms with Gasteiger partial charge in [-0.2, -0.15) is 0 Å². The van der Waals surface area contributed by atoms with Gasteiger partial charge in [-0.15, -0.1) is 0 Å². The monoisotopic (exact) mass is 213 g/mol. The average molecular weight is 213 g/mol. The summed E-state index contributed by atoms with van der Waals surface area (Å²) in [6.07, 6.45) is 0.293. The number of amides is 1. The van der Waals surface area contributed by atoms with Gasteiger partial charge in [0.05, 0.1) is 5.84 Å². The highest BCUT2D eigenvalue weighted by Gasteiger charge is 2.33. The number of carbonyl (C=O) groups excluding carboxylic acids is 1. The van der Waals surface area contributed by atoms with Crippen molar-refractivity contribution in [2.75, 3.05) is 13.1 Å². The summed E-state index contributed by atoms with van der Waals surface area (Å²) in [6, 6.07) is 0. The molecule has 0 radical (unpaired) electrons. The number of ether oxygens (including phenoxy) is 1. The van der Waals surface area contributed by atoms with E-state index in [0.717, 1.165) is 0 Å². The molecule has 1 aliphatic heterocycles. The lowest BCUT2D eigenvalue weighted by molar-refractivity contribution is -0.0000300. The molecule has 1 rings (SSSR count). The fourth-order valence-electron chi connectivity index (χ4n) is 1.49. The molecule has 1 fully saturated rings. The van der Waals surface area contributed by atoms with E-state index >= 15 is 0 Å². The van der Waals surface area contributed by atoms with E-state index in [1.54, 1.807) is 4.90 Å². The highest BCUT2D eigenvalue weighted by Crippen LogP contribution is 2.21. The van der Waals surface area contributed by atoms with Crippen LogP contribution >= 0.6 is 0 Å². The minimum absolute atomic E-state index is 0.184. The number of hydrogen-bond acceptors (Lipinski definition) is 3. The van der Waals surface area contributed by atoms with Crippen LogP contribution in [0.5, 0.6) is 0 Å². The van der Waals surface area contributed by atoms with E-state index in [0.29, 0.717) is 25.4 Å². The van der Waals surface area contributed by atoms with Crippen LogP contribution in [0.15, 0.2) is 0 Å². The third kappa shape index (κ3) is 3.77. The number of nitrogens with one attached hydrogen (secondary N) is 1. The van der Waals surface area contributed by atoms with Crippen molar-refractivity contribution in [1.82, 2.24) is 4.90 Å². The number of amidine groups is 1. The second kappa shape index (κ2) is 4.08. The predicted molar refractivity (Wildman–Crippen MR) is 57.8 cm³/mol. The third-order valence-electron chi connectivity index (χ3n) is 2.12. The van der Waals surface area contributed by atoms with E-state index in [1.807, 2.05) is 20.8 Å². The SMILES string of the molecule is CC(C)(C)OC(=O)N1CC(CC(=N)N)C1. The van der Waals surface area contributed by atoms with Crippen LogP contribution in [0, 0.1) is 11.3 Å². The molecule has 0 spiro atoms. The van der Waals surface area contributed by atoms with Crippen molar-refractivity contribution in [3.8, 4) is 0 Å². The topological polar surface area (TPSA) is 79.4 Å². The van der Waals surface area contributed by atoms with E-state index in [-0.39, 0.29) is 11.9 Å². The van der Waals surface area contributed by atoms with Gasteiger partial charge in [0.1, 0.15) is 5.60 Å². The van der Waals surface area contributed by atoms with Crippen LogP contribution < -0.4 is 5.73 Å². The summed E-state index contributed by atoms with van der Waals surface area (Å²) in [6.45, 7) is 6.83. The van der Waals surface area contributed by atoms with Crippen LogP contribution in [0.3, 0.4) is 0 Å². The highest BCUT2D eigenvalue weighted by molar-refractivity contribution is 5.77. The maximum Gasteiger partial charge on any atom is 0.410 e. The van der Waals surface area contributed by atoms with Crippen LogP contribution in [-0.2, 0) is 4.74 Å². The minimum Gasteiger partial charge on any atom is -0.444 e. The molecule has 1 saturated heterocycles. The Morgan fingerprint density at radius 1 is 1.53 bits per heavy atom. The molecule has 0 atom stereocenters. The van der Waals surface area contributed by atoms with Gasteiger partial charge in [-0.25, -0.2) is 4.79 Å². The zero-order valence-electron chi connectivity index (χ0n) is 9.54. The fourth-order valence-corrected chi connectivity index (χ4v) is 1.49. The molecule has 3 N–H and O–H groups in total. The van der Waals surface area contributed by atoms with Gasteiger partial charge in [-0.3, -0.25) is 5.41 Å². The van der Waals surface area contributed by atoms with Crippen molar-refractivity contribution in [1.29, 1.82) is 5.41 Å². The van der Waals surface area contributed by atoms with Crippen LogP contribution in [0.1, 0.15) is 27.2 Å². The molecule has 0 aliphatic carbocycles. The Balaban J connectivity index is 2.27.